The Kier molecular flexibility index (Phi) is 3.59. The maximum Gasteiger partial charge on any atom is 0.251 e. The summed E-state index contributed by atoms with van der Waals surface area (Å²) in [5.41, 5.74) is 3.99. The lowest BCUT2D eigenvalue weighted by atomic mass is 9.77. The van der Waals surface area contributed by atoms with E-state index in [-0.39, 0.29) is 17.6 Å². The first-order valence-corrected chi connectivity index (χ1v) is 7.85. The van der Waals surface area contributed by atoms with Crippen molar-refractivity contribution < 1.29 is 9.59 Å². The van der Waals surface area contributed by atoms with Gasteiger partial charge in [0.1, 0.15) is 5.78 Å². The molecule has 118 valence electrons. The molecular formula is C20H21NO2. The van der Waals surface area contributed by atoms with Gasteiger partial charge in [0.25, 0.3) is 5.91 Å². The average molecular weight is 307 g/mol. The molecule has 0 aromatic heterocycles. The molecule has 0 unspecified atom stereocenters. The summed E-state index contributed by atoms with van der Waals surface area (Å²) in [4.78, 5) is 25.4. The van der Waals surface area contributed by atoms with Crippen molar-refractivity contribution in [1.82, 2.24) is 5.32 Å². The predicted molar refractivity (Wildman–Crippen MR) is 91.6 cm³/mol. The molecule has 1 atom stereocenters. The van der Waals surface area contributed by atoms with Gasteiger partial charge in [-0.05, 0) is 28.3 Å². The van der Waals surface area contributed by atoms with Crippen LogP contribution in [0.5, 0.6) is 0 Å². The van der Waals surface area contributed by atoms with Crippen LogP contribution in [-0.4, -0.2) is 18.7 Å². The topological polar surface area (TPSA) is 46.2 Å². The molecule has 0 saturated carbocycles. The van der Waals surface area contributed by atoms with Gasteiger partial charge in [-0.2, -0.15) is 0 Å². The third kappa shape index (κ3) is 2.37. The fourth-order valence-electron chi connectivity index (χ4n) is 3.30. The van der Waals surface area contributed by atoms with Crippen molar-refractivity contribution in [3.8, 4) is 11.1 Å². The van der Waals surface area contributed by atoms with Crippen LogP contribution in [0.1, 0.15) is 48.2 Å². The molecule has 2 aromatic rings. The zero-order chi connectivity index (χ0) is 16.8. The molecule has 23 heavy (non-hydrogen) atoms. The Bertz CT molecular complexity index is 800. The lowest BCUT2D eigenvalue weighted by Crippen LogP contribution is -2.28. The van der Waals surface area contributed by atoms with Crippen LogP contribution >= 0.6 is 0 Å². The number of Topliss-reactive ketones (excluding diaryl/α,β-unsaturated/α-hetero) is 1. The molecule has 1 aliphatic rings. The van der Waals surface area contributed by atoms with Gasteiger partial charge in [-0.15, -0.1) is 0 Å². The first-order chi connectivity index (χ1) is 10.9. The number of carbonyl (C=O) groups is 2. The molecule has 0 radical (unpaired) electrons. The molecule has 0 aliphatic heterocycles. The minimum Gasteiger partial charge on any atom is -0.355 e. The summed E-state index contributed by atoms with van der Waals surface area (Å²) in [5.74, 6) is -0.392. The van der Waals surface area contributed by atoms with E-state index in [0.717, 1.165) is 22.3 Å². The maximum atomic E-state index is 13.1. The quantitative estimate of drug-likeness (QED) is 0.918. The predicted octanol–water partition coefficient (Wildman–Crippen LogP) is 3.77. The summed E-state index contributed by atoms with van der Waals surface area (Å²) in [7, 11) is 1.62. The first-order valence-electron chi connectivity index (χ1n) is 7.85. The standard InChI is InChI=1S/C20H21NO2/c1-20(2,3)18(22)17-14-9-6-5-8-12(14)13-10-7-11-15(16(13)17)19(23)21-4/h5-11,17H,1-4H3,(H,21,23)/t17-/m0/s1. The number of carbonyl (C=O) groups excluding carboxylic acids is 2. The summed E-state index contributed by atoms with van der Waals surface area (Å²) in [5, 5.41) is 2.69. The SMILES string of the molecule is CNC(=O)c1cccc2c1[C@@H](C(=O)C(C)(C)C)c1ccccc1-2. The summed E-state index contributed by atoms with van der Waals surface area (Å²) < 4.78 is 0. The second-order valence-corrected chi connectivity index (χ2v) is 6.98. The van der Waals surface area contributed by atoms with Gasteiger partial charge in [0.15, 0.2) is 0 Å². The molecule has 3 nitrogen and oxygen atoms in total. The van der Waals surface area contributed by atoms with Gasteiger partial charge in [-0.3, -0.25) is 9.59 Å². The molecule has 1 amide bonds. The maximum absolute atomic E-state index is 13.1. The van der Waals surface area contributed by atoms with Gasteiger partial charge in [-0.1, -0.05) is 57.2 Å². The monoisotopic (exact) mass is 307 g/mol. The van der Waals surface area contributed by atoms with Crippen molar-refractivity contribution in [3.05, 3.63) is 59.2 Å². The van der Waals surface area contributed by atoms with Crippen LogP contribution < -0.4 is 5.32 Å². The summed E-state index contributed by atoms with van der Waals surface area (Å²) in [6, 6.07) is 13.6. The number of ketones is 1. The van der Waals surface area contributed by atoms with Crippen molar-refractivity contribution in [3.63, 3.8) is 0 Å². The van der Waals surface area contributed by atoms with Crippen LogP contribution in [0.2, 0.25) is 0 Å². The Labute approximate surface area is 136 Å². The van der Waals surface area contributed by atoms with Crippen LogP contribution in [0, 0.1) is 5.41 Å². The van der Waals surface area contributed by atoms with Crippen molar-refractivity contribution in [2.75, 3.05) is 7.05 Å². The highest BCUT2D eigenvalue weighted by Gasteiger charge is 2.40. The van der Waals surface area contributed by atoms with E-state index >= 15 is 0 Å². The Hall–Kier alpha value is -2.42. The second kappa shape index (κ2) is 5.34. The average Bonchev–Trinajstić information content (AvgIpc) is 2.87. The molecule has 0 heterocycles. The molecule has 0 saturated heterocycles. The Morgan fingerprint density at radius 1 is 0.957 bits per heavy atom. The Morgan fingerprint density at radius 2 is 1.61 bits per heavy atom. The molecule has 0 fully saturated rings. The van der Waals surface area contributed by atoms with E-state index < -0.39 is 5.41 Å². The third-order valence-corrected chi connectivity index (χ3v) is 4.43. The van der Waals surface area contributed by atoms with Gasteiger partial charge < -0.3 is 5.32 Å². The highest BCUT2D eigenvalue weighted by molar-refractivity contribution is 6.06. The van der Waals surface area contributed by atoms with Crippen LogP contribution in [0.25, 0.3) is 11.1 Å². The van der Waals surface area contributed by atoms with Gasteiger partial charge >= 0.3 is 0 Å². The molecule has 3 rings (SSSR count). The second-order valence-electron chi connectivity index (χ2n) is 6.98. The van der Waals surface area contributed by atoms with Crippen molar-refractivity contribution in [2.45, 2.75) is 26.7 Å². The van der Waals surface area contributed by atoms with Crippen LogP contribution in [0.4, 0.5) is 0 Å². The van der Waals surface area contributed by atoms with E-state index in [4.69, 9.17) is 0 Å². The minimum atomic E-state index is -0.477. The zero-order valence-corrected chi connectivity index (χ0v) is 13.9. The number of hydrogen-bond donors (Lipinski definition) is 1. The van der Waals surface area contributed by atoms with E-state index in [1.54, 1.807) is 13.1 Å². The van der Waals surface area contributed by atoms with E-state index in [9.17, 15) is 9.59 Å². The Morgan fingerprint density at radius 3 is 2.26 bits per heavy atom. The molecule has 2 aromatic carbocycles. The molecule has 1 N–H and O–H groups in total. The minimum absolute atomic E-state index is 0.139. The van der Waals surface area contributed by atoms with Gasteiger partial charge in [-0.25, -0.2) is 0 Å². The molecule has 0 spiro atoms. The van der Waals surface area contributed by atoms with Crippen LogP contribution in [0.15, 0.2) is 42.5 Å². The fourth-order valence-corrected chi connectivity index (χ4v) is 3.30. The van der Waals surface area contributed by atoms with Crippen molar-refractivity contribution in [2.24, 2.45) is 5.41 Å². The summed E-state index contributed by atoms with van der Waals surface area (Å²) >= 11 is 0. The number of nitrogens with one attached hydrogen (secondary N) is 1. The molecule has 3 heteroatoms. The van der Waals surface area contributed by atoms with E-state index in [1.807, 2.05) is 57.2 Å². The number of amides is 1. The summed E-state index contributed by atoms with van der Waals surface area (Å²) in [6.07, 6.45) is 0. The number of fused-ring (bicyclic) bond motifs is 3. The van der Waals surface area contributed by atoms with E-state index in [0.29, 0.717) is 5.56 Å². The zero-order valence-electron chi connectivity index (χ0n) is 13.9. The van der Waals surface area contributed by atoms with E-state index in [2.05, 4.69) is 5.32 Å². The molecule has 0 bridgehead atoms. The van der Waals surface area contributed by atoms with Gasteiger partial charge in [0.05, 0.1) is 5.92 Å². The molecular weight excluding hydrogens is 286 g/mol. The van der Waals surface area contributed by atoms with Crippen molar-refractivity contribution in [1.29, 1.82) is 0 Å². The van der Waals surface area contributed by atoms with Gasteiger partial charge in [0.2, 0.25) is 0 Å². The fraction of sp³-hybridized carbons (Fsp3) is 0.300. The third-order valence-electron chi connectivity index (χ3n) is 4.43. The van der Waals surface area contributed by atoms with Crippen LogP contribution in [-0.2, 0) is 4.79 Å². The highest BCUT2D eigenvalue weighted by Crippen LogP contribution is 2.48. The summed E-state index contributed by atoms with van der Waals surface area (Å²) in [6.45, 7) is 5.79. The highest BCUT2D eigenvalue weighted by atomic mass is 16.1. The van der Waals surface area contributed by atoms with Gasteiger partial charge in [0, 0.05) is 18.0 Å². The van der Waals surface area contributed by atoms with Crippen LogP contribution in [0.3, 0.4) is 0 Å². The lowest BCUT2D eigenvalue weighted by molar-refractivity contribution is -0.126. The number of benzene rings is 2. The number of hydrogen-bond acceptors (Lipinski definition) is 2. The first kappa shape index (κ1) is 15.5. The Balaban J connectivity index is 2.31. The van der Waals surface area contributed by atoms with E-state index in [1.165, 1.54) is 0 Å². The normalized spacial score (nSPS) is 15.7. The largest absolute Gasteiger partial charge is 0.355 e. The number of rotatable bonds is 2. The molecule has 1 aliphatic carbocycles. The lowest BCUT2D eigenvalue weighted by Gasteiger charge is -2.24. The smallest absolute Gasteiger partial charge is 0.251 e. The van der Waals surface area contributed by atoms with Crippen molar-refractivity contribution >= 4 is 11.7 Å².